The SMILES string of the molecule is CC(C)C(CCl)NCc1ccc(O)cc1. The molecule has 0 aromatic heterocycles. The van der Waals surface area contributed by atoms with Crippen molar-refractivity contribution in [2.45, 2.75) is 26.4 Å². The number of hydrogen-bond acceptors (Lipinski definition) is 2. The Morgan fingerprint density at radius 1 is 1.27 bits per heavy atom. The lowest BCUT2D eigenvalue weighted by atomic mass is 10.1. The van der Waals surface area contributed by atoms with Gasteiger partial charge in [-0.25, -0.2) is 0 Å². The molecular weight excluding hydrogens is 210 g/mol. The predicted molar refractivity (Wildman–Crippen MR) is 64.3 cm³/mol. The van der Waals surface area contributed by atoms with E-state index in [0.29, 0.717) is 23.6 Å². The Kier molecular flexibility index (Phi) is 4.92. The van der Waals surface area contributed by atoms with Crippen LogP contribution in [0.2, 0.25) is 0 Å². The summed E-state index contributed by atoms with van der Waals surface area (Å²) >= 11 is 5.85. The molecule has 0 aliphatic rings. The van der Waals surface area contributed by atoms with E-state index in [4.69, 9.17) is 16.7 Å². The second-order valence-corrected chi connectivity index (χ2v) is 4.36. The minimum atomic E-state index is 0.302. The van der Waals surface area contributed by atoms with Crippen LogP contribution in [0.3, 0.4) is 0 Å². The molecule has 2 N–H and O–H groups in total. The first-order valence-electron chi connectivity index (χ1n) is 5.20. The molecule has 0 aliphatic carbocycles. The zero-order valence-electron chi connectivity index (χ0n) is 9.20. The quantitative estimate of drug-likeness (QED) is 0.759. The van der Waals surface area contributed by atoms with Crippen molar-refractivity contribution in [1.82, 2.24) is 5.32 Å². The number of halogens is 1. The van der Waals surface area contributed by atoms with Crippen LogP contribution in [0.4, 0.5) is 0 Å². The van der Waals surface area contributed by atoms with Gasteiger partial charge in [0.25, 0.3) is 0 Å². The van der Waals surface area contributed by atoms with Gasteiger partial charge in [0.2, 0.25) is 0 Å². The maximum Gasteiger partial charge on any atom is 0.115 e. The summed E-state index contributed by atoms with van der Waals surface area (Å²) < 4.78 is 0. The Morgan fingerprint density at radius 2 is 1.87 bits per heavy atom. The van der Waals surface area contributed by atoms with E-state index in [1.54, 1.807) is 12.1 Å². The van der Waals surface area contributed by atoms with Crippen LogP contribution in [0.15, 0.2) is 24.3 Å². The lowest BCUT2D eigenvalue weighted by Gasteiger charge is -2.19. The number of phenols is 1. The van der Waals surface area contributed by atoms with E-state index >= 15 is 0 Å². The summed E-state index contributed by atoms with van der Waals surface area (Å²) in [6.45, 7) is 5.09. The average molecular weight is 228 g/mol. The van der Waals surface area contributed by atoms with Crippen molar-refractivity contribution in [3.63, 3.8) is 0 Å². The molecule has 1 atom stereocenters. The monoisotopic (exact) mass is 227 g/mol. The van der Waals surface area contributed by atoms with E-state index in [2.05, 4.69) is 19.2 Å². The highest BCUT2D eigenvalue weighted by atomic mass is 35.5. The van der Waals surface area contributed by atoms with Crippen molar-refractivity contribution in [3.8, 4) is 5.75 Å². The van der Waals surface area contributed by atoms with Gasteiger partial charge in [-0.15, -0.1) is 11.6 Å². The molecule has 0 heterocycles. The third kappa shape index (κ3) is 4.10. The highest BCUT2D eigenvalue weighted by Crippen LogP contribution is 2.10. The molecule has 1 unspecified atom stereocenters. The third-order valence-electron chi connectivity index (χ3n) is 2.48. The summed E-state index contributed by atoms with van der Waals surface area (Å²) in [6.07, 6.45) is 0. The first-order chi connectivity index (χ1) is 7.13. The fraction of sp³-hybridized carbons (Fsp3) is 0.500. The molecule has 84 valence electrons. The number of nitrogens with one attached hydrogen (secondary N) is 1. The Bertz CT molecular complexity index is 284. The second-order valence-electron chi connectivity index (χ2n) is 4.05. The van der Waals surface area contributed by atoms with Crippen molar-refractivity contribution in [2.24, 2.45) is 5.92 Å². The van der Waals surface area contributed by atoms with E-state index in [9.17, 15) is 0 Å². The Hall–Kier alpha value is -0.730. The second kappa shape index (κ2) is 5.99. The van der Waals surface area contributed by atoms with Crippen molar-refractivity contribution in [3.05, 3.63) is 29.8 Å². The molecule has 0 bridgehead atoms. The molecule has 0 saturated carbocycles. The molecule has 3 heteroatoms. The van der Waals surface area contributed by atoms with Crippen LogP contribution in [0.25, 0.3) is 0 Å². The Morgan fingerprint density at radius 3 is 2.33 bits per heavy atom. The molecule has 1 rings (SSSR count). The van der Waals surface area contributed by atoms with Gasteiger partial charge in [-0.05, 0) is 23.6 Å². The normalized spacial score (nSPS) is 13.1. The van der Waals surface area contributed by atoms with Gasteiger partial charge in [0.1, 0.15) is 5.75 Å². The number of aromatic hydroxyl groups is 1. The molecule has 0 spiro atoms. The number of hydrogen-bond donors (Lipinski definition) is 2. The number of phenolic OH excluding ortho intramolecular Hbond substituents is 1. The zero-order valence-corrected chi connectivity index (χ0v) is 9.96. The first-order valence-corrected chi connectivity index (χ1v) is 5.74. The van der Waals surface area contributed by atoms with Gasteiger partial charge in [-0.3, -0.25) is 0 Å². The predicted octanol–water partition coefficient (Wildman–Crippen LogP) is 2.75. The molecule has 0 amide bonds. The topological polar surface area (TPSA) is 32.3 Å². The van der Waals surface area contributed by atoms with Crippen LogP contribution in [0.1, 0.15) is 19.4 Å². The minimum Gasteiger partial charge on any atom is -0.508 e. The van der Waals surface area contributed by atoms with Crippen LogP contribution in [0.5, 0.6) is 5.75 Å². The highest BCUT2D eigenvalue weighted by molar-refractivity contribution is 6.18. The van der Waals surface area contributed by atoms with Crippen LogP contribution < -0.4 is 5.32 Å². The van der Waals surface area contributed by atoms with E-state index < -0.39 is 0 Å². The van der Waals surface area contributed by atoms with Gasteiger partial charge in [0.05, 0.1) is 0 Å². The van der Waals surface area contributed by atoms with Crippen LogP contribution in [0, 0.1) is 5.92 Å². The van der Waals surface area contributed by atoms with Gasteiger partial charge >= 0.3 is 0 Å². The van der Waals surface area contributed by atoms with Gasteiger partial charge in [0.15, 0.2) is 0 Å². The van der Waals surface area contributed by atoms with Crippen LogP contribution >= 0.6 is 11.6 Å². The van der Waals surface area contributed by atoms with Crippen LogP contribution in [-0.4, -0.2) is 17.0 Å². The largest absolute Gasteiger partial charge is 0.508 e. The number of benzene rings is 1. The molecule has 1 aromatic carbocycles. The Balaban J connectivity index is 2.45. The average Bonchev–Trinajstić information content (AvgIpc) is 2.21. The molecule has 0 saturated heterocycles. The summed E-state index contributed by atoms with van der Waals surface area (Å²) in [6, 6.07) is 7.55. The van der Waals surface area contributed by atoms with E-state index in [0.717, 1.165) is 12.1 Å². The van der Waals surface area contributed by atoms with Gasteiger partial charge < -0.3 is 10.4 Å². The van der Waals surface area contributed by atoms with Crippen molar-refractivity contribution >= 4 is 11.6 Å². The third-order valence-corrected chi connectivity index (χ3v) is 2.81. The molecular formula is C12H18ClNO. The van der Waals surface area contributed by atoms with Gasteiger partial charge in [-0.1, -0.05) is 26.0 Å². The molecule has 2 nitrogen and oxygen atoms in total. The van der Waals surface area contributed by atoms with E-state index in [1.165, 1.54) is 0 Å². The fourth-order valence-corrected chi connectivity index (χ4v) is 1.80. The molecule has 0 radical (unpaired) electrons. The van der Waals surface area contributed by atoms with Crippen LogP contribution in [-0.2, 0) is 6.54 Å². The summed E-state index contributed by atoms with van der Waals surface area (Å²) in [7, 11) is 0. The summed E-state index contributed by atoms with van der Waals surface area (Å²) in [5.74, 6) is 1.45. The standard InChI is InChI=1S/C12H18ClNO/c1-9(2)12(7-13)14-8-10-3-5-11(15)6-4-10/h3-6,9,12,14-15H,7-8H2,1-2H3. The number of rotatable bonds is 5. The van der Waals surface area contributed by atoms with E-state index in [-0.39, 0.29) is 0 Å². The molecule has 0 fully saturated rings. The maximum atomic E-state index is 9.13. The lowest BCUT2D eigenvalue weighted by Crippen LogP contribution is -2.34. The van der Waals surface area contributed by atoms with Crippen molar-refractivity contribution in [1.29, 1.82) is 0 Å². The minimum absolute atomic E-state index is 0.302. The molecule has 1 aromatic rings. The fourth-order valence-electron chi connectivity index (χ4n) is 1.33. The maximum absolute atomic E-state index is 9.13. The zero-order chi connectivity index (χ0) is 11.3. The highest BCUT2D eigenvalue weighted by Gasteiger charge is 2.10. The lowest BCUT2D eigenvalue weighted by molar-refractivity contribution is 0.430. The molecule has 15 heavy (non-hydrogen) atoms. The summed E-state index contributed by atoms with van der Waals surface area (Å²) in [5.41, 5.74) is 1.16. The summed E-state index contributed by atoms with van der Waals surface area (Å²) in [5, 5.41) is 12.5. The van der Waals surface area contributed by atoms with Gasteiger partial charge in [-0.2, -0.15) is 0 Å². The van der Waals surface area contributed by atoms with E-state index in [1.807, 2.05) is 12.1 Å². The van der Waals surface area contributed by atoms with Crippen molar-refractivity contribution in [2.75, 3.05) is 5.88 Å². The number of alkyl halides is 1. The van der Waals surface area contributed by atoms with Gasteiger partial charge in [0, 0.05) is 18.5 Å². The molecule has 0 aliphatic heterocycles. The smallest absolute Gasteiger partial charge is 0.115 e. The summed E-state index contributed by atoms with van der Waals surface area (Å²) in [4.78, 5) is 0. The van der Waals surface area contributed by atoms with Crippen molar-refractivity contribution < 1.29 is 5.11 Å². The Labute approximate surface area is 96.3 Å². The first kappa shape index (κ1) is 12.3.